The molecule has 0 saturated carbocycles. The number of aryl methyl sites for hydroxylation is 1. The van der Waals surface area contributed by atoms with Crippen LogP contribution in [0.4, 0.5) is 0 Å². The summed E-state index contributed by atoms with van der Waals surface area (Å²) in [6.07, 6.45) is 0.634. The minimum absolute atomic E-state index is 0.0171. The lowest BCUT2D eigenvalue weighted by Crippen LogP contribution is -2.26. The lowest BCUT2D eigenvalue weighted by atomic mass is 10.1. The molecular formula is C14H19NO2. The highest BCUT2D eigenvalue weighted by Crippen LogP contribution is 2.10. The number of rotatable bonds is 5. The summed E-state index contributed by atoms with van der Waals surface area (Å²) >= 11 is 0. The molecule has 1 amide bonds. The Balaban J connectivity index is 2.54. The summed E-state index contributed by atoms with van der Waals surface area (Å²) in [5.41, 5.74) is 2.32. The zero-order valence-electron chi connectivity index (χ0n) is 10.7. The third-order valence-electron chi connectivity index (χ3n) is 2.79. The second-order valence-electron chi connectivity index (χ2n) is 4.38. The summed E-state index contributed by atoms with van der Waals surface area (Å²) in [6, 6.07) is 8.00. The van der Waals surface area contributed by atoms with Crippen molar-refractivity contribution in [3.63, 3.8) is 0 Å². The van der Waals surface area contributed by atoms with Crippen LogP contribution in [0, 0.1) is 6.92 Å². The van der Waals surface area contributed by atoms with Gasteiger partial charge in [0.2, 0.25) is 5.91 Å². The van der Waals surface area contributed by atoms with Gasteiger partial charge in [-0.1, -0.05) is 24.3 Å². The van der Waals surface area contributed by atoms with Crippen molar-refractivity contribution in [1.29, 1.82) is 0 Å². The van der Waals surface area contributed by atoms with E-state index in [2.05, 4.69) is 0 Å². The Morgan fingerprint density at radius 1 is 1.18 bits per heavy atom. The first-order valence-corrected chi connectivity index (χ1v) is 5.78. The van der Waals surface area contributed by atoms with Crippen molar-refractivity contribution in [3.05, 3.63) is 35.4 Å². The standard InChI is InChI=1S/C14H19NO2/c1-11-6-4-5-7-13(11)10-15(3)14(17)9-8-12(2)16/h4-7H,8-10H2,1-3H3. The number of nitrogens with zero attached hydrogens (tertiary/aromatic N) is 1. The Bertz CT molecular complexity index is 412. The van der Waals surface area contributed by atoms with Crippen LogP contribution >= 0.6 is 0 Å². The van der Waals surface area contributed by atoms with Gasteiger partial charge < -0.3 is 9.69 Å². The molecule has 0 atom stereocenters. The fourth-order valence-corrected chi connectivity index (χ4v) is 1.61. The lowest BCUT2D eigenvalue weighted by molar-refractivity contribution is -0.132. The molecule has 17 heavy (non-hydrogen) atoms. The van der Waals surface area contributed by atoms with E-state index < -0.39 is 0 Å². The maximum Gasteiger partial charge on any atom is 0.223 e. The monoisotopic (exact) mass is 233 g/mol. The average Bonchev–Trinajstić information content (AvgIpc) is 2.28. The highest BCUT2D eigenvalue weighted by atomic mass is 16.2. The molecule has 0 aliphatic heterocycles. The Morgan fingerprint density at radius 3 is 2.41 bits per heavy atom. The van der Waals surface area contributed by atoms with Crippen molar-refractivity contribution in [2.24, 2.45) is 0 Å². The van der Waals surface area contributed by atoms with Crippen LogP contribution in [0.1, 0.15) is 30.9 Å². The Morgan fingerprint density at radius 2 is 1.82 bits per heavy atom. The molecule has 0 aromatic heterocycles. The molecule has 0 unspecified atom stereocenters. The van der Waals surface area contributed by atoms with Crippen LogP contribution in [0.2, 0.25) is 0 Å². The Hall–Kier alpha value is -1.64. The van der Waals surface area contributed by atoms with E-state index in [0.717, 1.165) is 5.56 Å². The van der Waals surface area contributed by atoms with Gasteiger partial charge in [-0.15, -0.1) is 0 Å². The Kier molecular flexibility index (Phi) is 4.88. The van der Waals surface area contributed by atoms with Crippen LogP contribution < -0.4 is 0 Å². The molecule has 0 fully saturated rings. The molecular weight excluding hydrogens is 214 g/mol. The fourth-order valence-electron chi connectivity index (χ4n) is 1.61. The zero-order valence-corrected chi connectivity index (χ0v) is 10.7. The van der Waals surface area contributed by atoms with Crippen molar-refractivity contribution < 1.29 is 9.59 Å². The predicted octanol–water partition coefficient (Wildman–Crippen LogP) is 2.32. The van der Waals surface area contributed by atoms with Crippen LogP contribution in [0.25, 0.3) is 0 Å². The smallest absolute Gasteiger partial charge is 0.223 e. The molecule has 0 aliphatic carbocycles. The van der Waals surface area contributed by atoms with Crippen LogP contribution in [-0.4, -0.2) is 23.6 Å². The van der Waals surface area contributed by atoms with E-state index in [0.29, 0.717) is 19.4 Å². The summed E-state index contributed by atoms with van der Waals surface area (Å²) in [5.74, 6) is 0.0751. The summed E-state index contributed by atoms with van der Waals surface area (Å²) < 4.78 is 0. The van der Waals surface area contributed by atoms with E-state index in [-0.39, 0.29) is 11.7 Å². The molecule has 1 rings (SSSR count). The maximum absolute atomic E-state index is 11.7. The quantitative estimate of drug-likeness (QED) is 0.782. The summed E-state index contributed by atoms with van der Waals surface area (Å²) in [4.78, 5) is 24.2. The largest absolute Gasteiger partial charge is 0.341 e. The van der Waals surface area contributed by atoms with Crippen molar-refractivity contribution in [3.8, 4) is 0 Å². The lowest BCUT2D eigenvalue weighted by Gasteiger charge is -2.18. The van der Waals surface area contributed by atoms with Gasteiger partial charge in [-0.2, -0.15) is 0 Å². The molecule has 1 aromatic rings. The van der Waals surface area contributed by atoms with Gasteiger partial charge in [-0.25, -0.2) is 0 Å². The fraction of sp³-hybridized carbons (Fsp3) is 0.429. The summed E-state index contributed by atoms with van der Waals surface area (Å²) in [6.45, 7) is 4.14. The van der Waals surface area contributed by atoms with Gasteiger partial charge in [0.05, 0.1) is 0 Å². The molecule has 0 saturated heterocycles. The van der Waals surface area contributed by atoms with Gasteiger partial charge in [0.1, 0.15) is 5.78 Å². The van der Waals surface area contributed by atoms with Crippen molar-refractivity contribution in [1.82, 2.24) is 4.90 Å². The SMILES string of the molecule is CC(=O)CCC(=O)N(C)Cc1ccccc1C. The van der Waals surface area contributed by atoms with Crippen LogP contribution in [-0.2, 0) is 16.1 Å². The van der Waals surface area contributed by atoms with Crippen molar-refractivity contribution in [2.45, 2.75) is 33.2 Å². The number of hydrogen-bond acceptors (Lipinski definition) is 2. The number of benzene rings is 1. The predicted molar refractivity (Wildman–Crippen MR) is 67.6 cm³/mol. The number of amides is 1. The van der Waals surface area contributed by atoms with Gasteiger partial charge in [0, 0.05) is 26.4 Å². The van der Waals surface area contributed by atoms with Gasteiger partial charge >= 0.3 is 0 Å². The van der Waals surface area contributed by atoms with E-state index in [1.807, 2.05) is 31.2 Å². The van der Waals surface area contributed by atoms with E-state index >= 15 is 0 Å². The number of Topliss-reactive ketones (excluding diaryl/α,β-unsaturated/α-hetero) is 1. The van der Waals surface area contributed by atoms with E-state index in [1.165, 1.54) is 12.5 Å². The third-order valence-corrected chi connectivity index (χ3v) is 2.79. The van der Waals surface area contributed by atoms with Crippen LogP contribution in [0.5, 0.6) is 0 Å². The highest BCUT2D eigenvalue weighted by molar-refractivity contribution is 5.83. The number of hydrogen-bond donors (Lipinski definition) is 0. The Labute approximate surface area is 102 Å². The van der Waals surface area contributed by atoms with E-state index in [9.17, 15) is 9.59 Å². The maximum atomic E-state index is 11.7. The number of carbonyl (C=O) groups excluding carboxylic acids is 2. The molecule has 0 aliphatic rings. The minimum atomic E-state index is 0.0171. The molecule has 1 aromatic carbocycles. The summed E-state index contributed by atoms with van der Waals surface area (Å²) in [5, 5.41) is 0. The molecule has 0 spiro atoms. The first-order valence-electron chi connectivity index (χ1n) is 5.78. The second-order valence-corrected chi connectivity index (χ2v) is 4.38. The molecule has 3 nitrogen and oxygen atoms in total. The van der Waals surface area contributed by atoms with E-state index in [4.69, 9.17) is 0 Å². The van der Waals surface area contributed by atoms with E-state index in [1.54, 1.807) is 11.9 Å². The molecule has 0 N–H and O–H groups in total. The normalized spacial score (nSPS) is 10.1. The third kappa shape index (κ3) is 4.39. The van der Waals surface area contributed by atoms with Crippen LogP contribution in [0.15, 0.2) is 24.3 Å². The molecule has 92 valence electrons. The second kappa shape index (κ2) is 6.18. The van der Waals surface area contributed by atoms with Gasteiger partial charge in [-0.05, 0) is 25.0 Å². The number of ketones is 1. The van der Waals surface area contributed by atoms with Crippen LogP contribution in [0.3, 0.4) is 0 Å². The molecule has 3 heteroatoms. The zero-order chi connectivity index (χ0) is 12.8. The molecule has 0 radical (unpaired) electrons. The number of carbonyl (C=O) groups is 2. The first-order chi connectivity index (χ1) is 8.00. The first kappa shape index (κ1) is 13.4. The topological polar surface area (TPSA) is 37.4 Å². The van der Waals surface area contributed by atoms with Gasteiger partial charge in [0.25, 0.3) is 0 Å². The minimum Gasteiger partial charge on any atom is -0.341 e. The summed E-state index contributed by atoms with van der Waals surface area (Å²) in [7, 11) is 1.77. The highest BCUT2D eigenvalue weighted by Gasteiger charge is 2.10. The van der Waals surface area contributed by atoms with Crippen molar-refractivity contribution >= 4 is 11.7 Å². The molecule has 0 heterocycles. The average molecular weight is 233 g/mol. The molecule has 0 bridgehead atoms. The van der Waals surface area contributed by atoms with Gasteiger partial charge in [-0.3, -0.25) is 4.79 Å². The van der Waals surface area contributed by atoms with Gasteiger partial charge in [0.15, 0.2) is 0 Å². The van der Waals surface area contributed by atoms with Crippen molar-refractivity contribution in [2.75, 3.05) is 7.05 Å².